The fourth-order valence-corrected chi connectivity index (χ4v) is 1.79. The van der Waals surface area contributed by atoms with Crippen molar-refractivity contribution in [3.05, 3.63) is 52.6 Å². The van der Waals surface area contributed by atoms with Gasteiger partial charge >= 0.3 is 0 Å². The van der Waals surface area contributed by atoms with Crippen LogP contribution in [-0.4, -0.2) is 15.9 Å². The highest BCUT2D eigenvalue weighted by atomic mass is 35.5. The first-order valence-corrected chi connectivity index (χ1v) is 5.81. The zero-order chi connectivity index (χ0) is 13.1. The number of para-hydroxylation sites is 1. The van der Waals surface area contributed by atoms with Crippen LogP contribution in [0.15, 0.2) is 30.6 Å². The summed E-state index contributed by atoms with van der Waals surface area (Å²) in [6.07, 6.45) is 2.77. The van der Waals surface area contributed by atoms with Gasteiger partial charge in [0.15, 0.2) is 0 Å². The molecule has 0 unspecified atom stereocenters. The second-order valence-corrected chi connectivity index (χ2v) is 4.34. The number of benzene rings is 1. The van der Waals surface area contributed by atoms with Gasteiger partial charge < -0.3 is 5.32 Å². The molecule has 4 nitrogen and oxygen atoms in total. The first-order chi connectivity index (χ1) is 8.58. The van der Waals surface area contributed by atoms with Crippen LogP contribution in [0.2, 0.25) is 5.15 Å². The van der Waals surface area contributed by atoms with Gasteiger partial charge in [0.2, 0.25) is 0 Å². The monoisotopic (exact) mass is 261 g/mol. The van der Waals surface area contributed by atoms with Crippen LogP contribution in [-0.2, 0) is 0 Å². The van der Waals surface area contributed by atoms with E-state index in [9.17, 15) is 4.79 Å². The number of nitrogens with zero attached hydrogens (tertiary/aromatic N) is 2. The summed E-state index contributed by atoms with van der Waals surface area (Å²) in [6, 6.07) is 5.82. The predicted molar refractivity (Wildman–Crippen MR) is 70.9 cm³/mol. The van der Waals surface area contributed by atoms with Crippen molar-refractivity contribution in [3.63, 3.8) is 0 Å². The zero-order valence-corrected chi connectivity index (χ0v) is 10.8. The van der Waals surface area contributed by atoms with Crippen LogP contribution in [0.5, 0.6) is 0 Å². The number of aromatic nitrogens is 2. The number of aryl methyl sites for hydroxylation is 2. The van der Waals surface area contributed by atoms with Crippen molar-refractivity contribution < 1.29 is 4.79 Å². The Morgan fingerprint density at radius 3 is 2.50 bits per heavy atom. The minimum Gasteiger partial charge on any atom is -0.320 e. The molecule has 2 aromatic rings. The van der Waals surface area contributed by atoms with Crippen LogP contribution in [0.1, 0.15) is 21.6 Å². The maximum absolute atomic E-state index is 12.0. The molecule has 0 aliphatic heterocycles. The molecule has 1 amide bonds. The lowest BCUT2D eigenvalue weighted by Crippen LogP contribution is -2.15. The Kier molecular flexibility index (Phi) is 3.58. The molecule has 0 aliphatic carbocycles. The van der Waals surface area contributed by atoms with Crippen LogP contribution in [0.25, 0.3) is 0 Å². The smallest absolute Gasteiger partial charge is 0.275 e. The number of halogens is 1. The number of carbonyl (C=O) groups excluding carboxylic acids is 1. The van der Waals surface area contributed by atoms with E-state index in [2.05, 4.69) is 15.3 Å². The van der Waals surface area contributed by atoms with E-state index in [0.29, 0.717) is 0 Å². The summed E-state index contributed by atoms with van der Waals surface area (Å²) < 4.78 is 0. The Hall–Kier alpha value is -1.94. The van der Waals surface area contributed by atoms with Crippen LogP contribution in [0.3, 0.4) is 0 Å². The molecule has 0 atom stereocenters. The SMILES string of the molecule is Cc1cccc(C)c1NC(=O)c1cncc(Cl)n1. The average Bonchev–Trinajstić information content (AvgIpc) is 2.34. The third kappa shape index (κ3) is 2.65. The van der Waals surface area contributed by atoms with Crippen molar-refractivity contribution in [2.75, 3.05) is 5.32 Å². The second-order valence-electron chi connectivity index (χ2n) is 3.95. The Labute approximate surface area is 110 Å². The van der Waals surface area contributed by atoms with E-state index in [-0.39, 0.29) is 16.8 Å². The summed E-state index contributed by atoms with van der Waals surface area (Å²) >= 11 is 5.70. The first kappa shape index (κ1) is 12.5. The van der Waals surface area contributed by atoms with E-state index >= 15 is 0 Å². The first-order valence-electron chi connectivity index (χ1n) is 5.43. The van der Waals surface area contributed by atoms with Crippen LogP contribution in [0.4, 0.5) is 5.69 Å². The van der Waals surface area contributed by atoms with E-state index < -0.39 is 0 Å². The van der Waals surface area contributed by atoms with E-state index in [1.54, 1.807) is 0 Å². The topological polar surface area (TPSA) is 54.9 Å². The number of carbonyl (C=O) groups is 1. The molecule has 0 fully saturated rings. The van der Waals surface area contributed by atoms with E-state index in [4.69, 9.17) is 11.6 Å². The lowest BCUT2D eigenvalue weighted by molar-refractivity contribution is 0.102. The number of anilines is 1. The van der Waals surface area contributed by atoms with Crippen molar-refractivity contribution in [1.29, 1.82) is 0 Å². The molecule has 0 saturated heterocycles. The molecule has 1 aromatic heterocycles. The third-order valence-corrected chi connectivity index (χ3v) is 2.74. The van der Waals surface area contributed by atoms with Crippen molar-refractivity contribution in [2.45, 2.75) is 13.8 Å². The summed E-state index contributed by atoms with van der Waals surface area (Å²) in [7, 11) is 0. The van der Waals surface area contributed by atoms with Crippen LogP contribution < -0.4 is 5.32 Å². The summed E-state index contributed by atoms with van der Waals surface area (Å²) in [5, 5.41) is 3.02. The molecule has 92 valence electrons. The standard InChI is InChI=1S/C13H12ClN3O/c1-8-4-3-5-9(2)12(8)17-13(18)10-6-15-7-11(14)16-10/h3-7H,1-2H3,(H,17,18). The highest BCUT2D eigenvalue weighted by molar-refractivity contribution is 6.29. The van der Waals surface area contributed by atoms with Crippen molar-refractivity contribution in [2.24, 2.45) is 0 Å². The van der Waals surface area contributed by atoms with Gasteiger partial charge in [-0.05, 0) is 25.0 Å². The molecule has 1 aromatic carbocycles. The van der Waals surface area contributed by atoms with Crippen molar-refractivity contribution >= 4 is 23.2 Å². The predicted octanol–water partition coefficient (Wildman–Crippen LogP) is 3.00. The molecule has 0 saturated carbocycles. The summed E-state index contributed by atoms with van der Waals surface area (Å²) in [5.74, 6) is -0.317. The Bertz CT molecular complexity index is 578. The average molecular weight is 262 g/mol. The van der Waals surface area contributed by atoms with Gasteiger partial charge in [0, 0.05) is 5.69 Å². The van der Waals surface area contributed by atoms with Gasteiger partial charge in [0.25, 0.3) is 5.91 Å². The quantitative estimate of drug-likeness (QED) is 0.904. The maximum atomic E-state index is 12.0. The molecule has 0 radical (unpaired) electrons. The Morgan fingerprint density at radius 2 is 1.89 bits per heavy atom. The molecule has 2 rings (SSSR count). The molecule has 0 aliphatic rings. The molecule has 0 bridgehead atoms. The fraction of sp³-hybridized carbons (Fsp3) is 0.154. The van der Waals surface area contributed by atoms with E-state index in [1.165, 1.54) is 12.4 Å². The van der Waals surface area contributed by atoms with Crippen LogP contribution in [0, 0.1) is 13.8 Å². The highest BCUT2D eigenvalue weighted by Gasteiger charge is 2.11. The Morgan fingerprint density at radius 1 is 1.22 bits per heavy atom. The molecule has 1 N–H and O–H groups in total. The summed E-state index contributed by atoms with van der Waals surface area (Å²) in [5.41, 5.74) is 2.99. The normalized spacial score (nSPS) is 10.2. The zero-order valence-electron chi connectivity index (χ0n) is 10.1. The summed E-state index contributed by atoms with van der Waals surface area (Å²) in [6.45, 7) is 3.87. The van der Waals surface area contributed by atoms with Gasteiger partial charge in [0.1, 0.15) is 10.8 Å². The van der Waals surface area contributed by atoms with Gasteiger partial charge in [-0.1, -0.05) is 29.8 Å². The van der Waals surface area contributed by atoms with Crippen molar-refractivity contribution in [1.82, 2.24) is 9.97 Å². The molecular weight excluding hydrogens is 250 g/mol. The van der Waals surface area contributed by atoms with Crippen LogP contribution >= 0.6 is 11.6 Å². The largest absolute Gasteiger partial charge is 0.320 e. The number of rotatable bonds is 2. The minimum absolute atomic E-state index is 0.198. The molecule has 1 heterocycles. The summed E-state index contributed by atoms with van der Waals surface area (Å²) in [4.78, 5) is 19.8. The van der Waals surface area contributed by atoms with Gasteiger partial charge in [-0.25, -0.2) is 4.98 Å². The molecule has 0 spiro atoms. The second kappa shape index (κ2) is 5.14. The van der Waals surface area contributed by atoms with Gasteiger partial charge in [0.05, 0.1) is 12.4 Å². The van der Waals surface area contributed by atoms with Gasteiger partial charge in [-0.15, -0.1) is 0 Å². The van der Waals surface area contributed by atoms with Gasteiger partial charge in [-0.3, -0.25) is 9.78 Å². The van der Waals surface area contributed by atoms with E-state index in [0.717, 1.165) is 16.8 Å². The maximum Gasteiger partial charge on any atom is 0.275 e. The van der Waals surface area contributed by atoms with Crippen molar-refractivity contribution in [3.8, 4) is 0 Å². The highest BCUT2D eigenvalue weighted by Crippen LogP contribution is 2.20. The number of amides is 1. The molecule has 18 heavy (non-hydrogen) atoms. The third-order valence-electron chi connectivity index (χ3n) is 2.56. The lowest BCUT2D eigenvalue weighted by atomic mass is 10.1. The number of nitrogens with one attached hydrogen (secondary N) is 1. The van der Waals surface area contributed by atoms with Gasteiger partial charge in [-0.2, -0.15) is 0 Å². The fourth-order valence-electron chi connectivity index (χ4n) is 1.64. The van der Waals surface area contributed by atoms with E-state index in [1.807, 2.05) is 32.0 Å². The minimum atomic E-state index is -0.317. The number of hydrogen-bond acceptors (Lipinski definition) is 3. The Balaban J connectivity index is 2.27. The molecular formula is C13H12ClN3O. The molecule has 5 heteroatoms. The number of hydrogen-bond donors (Lipinski definition) is 1. The lowest BCUT2D eigenvalue weighted by Gasteiger charge is -2.10.